The summed E-state index contributed by atoms with van der Waals surface area (Å²) in [7, 11) is 3.75. The first kappa shape index (κ1) is 61.7. The Morgan fingerprint density at radius 1 is 0.958 bits per heavy atom. The Bertz CT molecular complexity index is 2440. The quantitative estimate of drug-likeness (QED) is 0.0503. The Morgan fingerprint density at radius 2 is 1.62 bits per heavy atom. The van der Waals surface area contributed by atoms with E-state index >= 15 is 0 Å². The Labute approximate surface area is 468 Å². The molecule has 3 atom stereocenters. The van der Waals surface area contributed by atoms with E-state index in [2.05, 4.69) is 109 Å². The number of anilines is 1. The zero-order valence-electron chi connectivity index (χ0n) is 45.3. The Balaban J connectivity index is 0.000000354. The Hall–Kier alpha value is -3.57. The molecule has 4 N–H and O–H groups in total. The molecule has 3 aromatic heterocycles. The average Bonchev–Trinajstić information content (AvgIpc) is 3.35. The summed E-state index contributed by atoms with van der Waals surface area (Å²) in [5, 5.41) is 3.08. The SMILES string of the molecule is CC.CNc1ccc(-c2ccnc(C)c2/C=C(\C)C(C)N2CCC(c3ccc(C(C)=O)cc3)CC2)cn1.[CH2-]CC(C(N)=O)n1c2cc(F)c(CN3CCN(CC(CCC)CCC)C(C)C3)cc2n1C.[K+].[OH-]. The van der Waals surface area contributed by atoms with Crippen molar-refractivity contribution in [3.8, 4) is 11.1 Å². The predicted octanol–water partition coefficient (Wildman–Crippen LogP) is 8.31. The van der Waals surface area contributed by atoms with Crippen LogP contribution in [0.15, 0.2) is 72.6 Å². The number of aromatic nitrogens is 4. The minimum absolute atomic E-state index is 0. The number of Topliss-reactive ketones (excluding diaryl/α,β-unsaturated/α-hetero) is 1. The fourth-order valence-corrected chi connectivity index (χ4v) is 10.3. The van der Waals surface area contributed by atoms with Gasteiger partial charge < -0.3 is 23.5 Å². The molecule has 2 aromatic carbocycles. The molecule has 0 spiro atoms. The number of benzene rings is 2. The molecule has 2 fully saturated rings. The van der Waals surface area contributed by atoms with E-state index in [0.717, 1.165) is 90.8 Å². The minimum atomic E-state index is -0.559. The number of piperazine rings is 1. The Kier molecular flexibility index (Phi) is 26.0. The molecule has 2 aliphatic heterocycles. The van der Waals surface area contributed by atoms with Crippen molar-refractivity contribution in [1.29, 1.82) is 0 Å². The van der Waals surface area contributed by atoms with Crippen LogP contribution in [0.5, 0.6) is 0 Å². The summed E-state index contributed by atoms with van der Waals surface area (Å²) in [6.45, 7) is 29.8. The van der Waals surface area contributed by atoms with E-state index in [9.17, 15) is 14.0 Å². The standard InChI is InChI=1S/C30H36N4O.C25H41FN5O.C2H6.K.H2O/c1-20(18-29-21(2)32-15-12-28(29)27-10-11-30(31-5)33-19-27)22(3)34-16-13-26(14-17-34)25-8-6-24(7-9-25)23(4)35;1-6-9-19(10-7-2)16-30-12-11-29(15-18(30)4)17-20-13-23-24(14-21(20)26)31(28(23)5)22(8-3)25(27)32;1-2;;/h6-12,15,18-19,22,26H,13-14,16-17H2,1-5H3,(H,31,33);13-14,18-19,22H,3,6-12,15-17H2,1-2,4-5H3,(H2,27,32);1-2H3;;1H2/q;-1;;+1;/p-1/b20-18+;;;;. The molecule has 0 radical (unpaired) electrons. The van der Waals surface area contributed by atoms with Gasteiger partial charge >= 0.3 is 51.4 Å². The first-order valence-corrected chi connectivity index (χ1v) is 25.7. The molecule has 3 unspecified atom stereocenters. The second kappa shape index (κ2) is 30.0. The van der Waals surface area contributed by atoms with Gasteiger partial charge in [0, 0.05) is 105 Å². The summed E-state index contributed by atoms with van der Waals surface area (Å²) in [5.41, 5.74) is 15.8. The van der Waals surface area contributed by atoms with Gasteiger partial charge in [-0.1, -0.05) is 76.5 Å². The van der Waals surface area contributed by atoms with Crippen molar-refractivity contribution in [1.82, 2.24) is 34.0 Å². The van der Waals surface area contributed by atoms with Gasteiger partial charge in [-0.15, -0.1) is 6.42 Å². The number of nitrogens with one attached hydrogen (secondary N) is 1. The van der Waals surface area contributed by atoms with Crippen LogP contribution in [-0.4, -0.2) is 110 Å². The number of halogens is 1. The number of hydrogen-bond donors (Lipinski definition) is 2. The molecular weight excluding hydrogens is 917 g/mol. The molecule has 5 heterocycles. The normalized spacial score (nSPS) is 16.8. The molecule has 71 heavy (non-hydrogen) atoms. The molecule has 0 bridgehead atoms. The first-order chi connectivity index (χ1) is 33.2. The summed E-state index contributed by atoms with van der Waals surface area (Å²) >= 11 is 0. The summed E-state index contributed by atoms with van der Waals surface area (Å²) < 4.78 is 18.6. The molecular formula is C57H84FKN9O3-. The van der Waals surface area contributed by atoms with Gasteiger partial charge in [-0.2, -0.15) is 0 Å². The summed E-state index contributed by atoms with van der Waals surface area (Å²) in [6, 6.07) is 18.1. The van der Waals surface area contributed by atoms with Gasteiger partial charge in [0.2, 0.25) is 5.91 Å². The molecule has 5 aromatic rings. The number of primary amides is 1. The zero-order valence-corrected chi connectivity index (χ0v) is 48.4. The van der Waals surface area contributed by atoms with Crippen LogP contribution in [0.25, 0.3) is 28.2 Å². The largest absolute Gasteiger partial charge is 1.00 e. The van der Waals surface area contributed by atoms with E-state index in [1.54, 1.807) is 11.6 Å². The molecule has 2 aliphatic rings. The van der Waals surface area contributed by atoms with Crippen LogP contribution in [0, 0.1) is 25.6 Å². The van der Waals surface area contributed by atoms with E-state index < -0.39 is 11.9 Å². The minimum Gasteiger partial charge on any atom is -0.870 e. The van der Waals surface area contributed by atoms with Crippen molar-refractivity contribution in [2.75, 3.05) is 51.6 Å². The number of hydrogen-bond acceptors (Lipinski definition) is 9. The van der Waals surface area contributed by atoms with Crippen LogP contribution in [-0.2, 0) is 18.4 Å². The van der Waals surface area contributed by atoms with Gasteiger partial charge in [-0.05, 0) is 121 Å². The molecule has 14 heteroatoms. The third-order valence-electron chi connectivity index (χ3n) is 14.5. The average molecular weight is 1000 g/mol. The summed E-state index contributed by atoms with van der Waals surface area (Å²) in [5.74, 6) is 1.65. The maximum Gasteiger partial charge on any atom is 1.00 e. The fourth-order valence-electron chi connectivity index (χ4n) is 10.3. The van der Waals surface area contributed by atoms with Gasteiger partial charge in [0.15, 0.2) is 5.78 Å². The number of piperidine rings is 1. The third kappa shape index (κ3) is 16.0. The fraction of sp³-hybridized carbons (Fsp3) is 0.526. The molecule has 384 valence electrons. The number of likely N-dealkylation sites (tertiary alicyclic amines) is 1. The first-order valence-electron chi connectivity index (χ1n) is 25.7. The van der Waals surface area contributed by atoms with Crippen molar-refractivity contribution in [3.63, 3.8) is 0 Å². The number of aryl methyl sites for hydroxylation is 2. The number of fused-ring (bicyclic) bond motifs is 1. The van der Waals surface area contributed by atoms with Gasteiger partial charge in [0.1, 0.15) is 17.7 Å². The van der Waals surface area contributed by atoms with Crippen LogP contribution in [0.4, 0.5) is 10.2 Å². The van der Waals surface area contributed by atoms with E-state index in [1.165, 1.54) is 49.4 Å². The topological polar surface area (TPSA) is 148 Å². The van der Waals surface area contributed by atoms with Crippen LogP contribution < -0.4 is 62.4 Å². The maximum absolute atomic E-state index is 15.0. The second-order valence-electron chi connectivity index (χ2n) is 19.1. The number of ketones is 1. The number of amides is 1. The van der Waals surface area contributed by atoms with Crippen molar-refractivity contribution < 1.29 is 70.8 Å². The van der Waals surface area contributed by atoms with Crippen LogP contribution in [0.2, 0.25) is 0 Å². The van der Waals surface area contributed by atoms with Crippen LogP contribution in [0.3, 0.4) is 0 Å². The van der Waals surface area contributed by atoms with E-state index in [1.807, 2.05) is 69.3 Å². The van der Waals surface area contributed by atoms with Crippen LogP contribution >= 0.6 is 0 Å². The molecule has 2 saturated heterocycles. The number of rotatable bonds is 18. The van der Waals surface area contributed by atoms with Crippen LogP contribution in [0.1, 0.15) is 145 Å². The number of carbonyl (C=O) groups is 2. The summed E-state index contributed by atoms with van der Waals surface area (Å²) in [6.07, 6.45) is 13.8. The van der Waals surface area contributed by atoms with Crippen molar-refractivity contribution in [3.05, 3.63) is 113 Å². The monoisotopic (exact) mass is 1000 g/mol. The number of pyridine rings is 2. The number of nitrogens with two attached hydrogens (primary N) is 1. The third-order valence-corrected chi connectivity index (χ3v) is 14.5. The van der Waals surface area contributed by atoms with Crippen molar-refractivity contribution in [2.24, 2.45) is 18.7 Å². The van der Waals surface area contributed by atoms with E-state index in [4.69, 9.17) is 5.73 Å². The molecule has 7 rings (SSSR count). The summed E-state index contributed by atoms with van der Waals surface area (Å²) in [4.78, 5) is 40.0. The van der Waals surface area contributed by atoms with E-state index in [0.29, 0.717) is 42.0 Å². The Morgan fingerprint density at radius 3 is 2.17 bits per heavy atom. The smallest absolute Gasteiger partial charge is 0.870 e. The molecule has 1 amide bonds. The molecule has 0 saturated carbocycles. The van der Waals surface area contributed by atoms with Gasteiger partial charge in [-0.3, -0.25) is 38.6 Å². The number of carbonyl (C=O) groups excluding carboxylic acids is 2. The van der Waals surface area contributed by atoms with Gasteiger partial charge in [0.25, 0.3) is 0 Å². The van der Waals surface area contributed by atoms with Gasteiger partial charge in [-0.25, -0.2) is 9.37 Å². The zero-order chi connectivity index (χ0) is 50.4. The predicted molar refractivity (Wildman–Crippen MR) is 287 cm³/mol. The molecule has 12 nitrogen and oxygen atoms in total. The molecule has 0 aliphatic carbocycles. The second-order valence-corrected chi connectivity index (χ2v) is 19.1. The van der Waals surface area contributed by atoms with Gasteiger partial charge in [0.05, 0.1) is 11.0 Å². The maximum atomic E-state index is 15.0. The number of nitrogens with zero attached hydrogens (tertiary/aromatic N) is 7. The van der Waals surface area contributed by atoms with E-state index in [-0.39, 0.29) is 68.5 Å². The van der Waals surface area contributed by atoms with Crippen molar-refractivity contribution >= 4 is 34.6 Å². The van der Waals surface area contributed by atoms with Crippen molar-refractivity contribution in [2.45, 2.75) is 138 Å².